The van der Waals surface area contributed by atoms with Crippen molar-refractivity contribution in [2.24, 2.45) is 7.05 Å². The molecule has 2 N–H and O–H groups in total. The zero-order valence-corrected chi connectivity index (χ0v) is 14.7. The van der Waals surface area contributed by atoms with Gasteiger partial charge in [-0.2, -0.15) is 0 Å². The first-order valence-electron chi connectivity index (χ1n) is 8.41. The Labute approximate surface area is 150 Å². The Hall–Kier alpha value is -3.41. The SMILES string of the molecule is Cc1c(-c2ccccn2)[nH]c2ccc(CNC(=O)c3nccn3C)cc12. The van der Waals surface area contributed by atoms with Crippen molar-refractivity contribution in [3.63, 3.8) is 0 Å². The molecule has 0 spiro atoms. The highest BCUT2D eigenvalue weighted by atomic mass is 16.2. The van der Waals surface area contributed by atoms with Crippen molar-refractivity contribution in [1.82, 2.24) is 24.8 Å². The second-order valence-electron chi connectivity index (χ2n) is 6.26. The van der Waals surface area contributed by atoms with Crippen molar-refractivity contribution in [2.75, 3.05) is 0 Å². The number of nitrogens with zero attached hydrogens (tertiary/aromatic N) is 3. The minimum absolute atomic E-state index is 0.183. The van der Waals surface area contributed by atoms with E-state index in [9.17, 15) is 4.79 Å². The number of amides is 1. The summed E-state index contributed by atoms with van der Waals surface area (Å²) in [6.45, 7) is 2.53. The van der Waals surface area contributed by atoms with Gasteiger partial charge in [0, 0.05) is 43.1 Å². The molecule has 6 nitrogen and oxygen atoms in total. The molecule has 0 bridgehead atoms. The van der Waals surface area contributed by atoms with Crippen LogP contribution in [0, 0.1) is 6.92 Å². The maximum absolute atomic E-state index is 12.2. The van der Waals surface area contributed by atoms with Crippen molar-refractivity contribution in [3.8, 4) is 11.4 Å². The van der Waals surface area contributed by atoms with Gasteiger partial charge in [-0.05, 0) is 42.3 Å². The molecule has 0 fully saturated rings. The normalized spacial score (nSPS) is 11.0. The van der Waals surface area contributed by atoms with Crippen LogP contribution in [-0.2, 0) is 13.6 Å². The predicted molar refractivity (Wildman–Crippen MR) is 101 cm³/mol. The van der Waals surface area contributed by atoms with Gasteiger partial charge in [0.2, 0.25) is 0 Å². The third-order valence-electron chi connectivity index (χ3n) is 4.52. The Balaban J connectivity index is 1.59. The molecule has 0 saturated carbocycles. The number of imidazole rings is 1. The van der Waals surface area contributed by atoms with Gasteiger partial charge in [0.05, 0.1) is 11.4 Å². The van der Waals surface area contributed by atoms with Gasteiger partial charge in [-0.1, -0.05) is 12.1 Å². The number of pyridine rings is 1. The van der Waals surface area contributed by atoms with E-state index in [0.717, 1.165) is 33.4 Å². The van der Waals surface area contributed by atoms with Crippen LogP contribution in [0.5, 0.6) is 0 Å². The molecule has 0 unspecified atom stereocenters. The second kappa shape index (κ2) is 6.48. The number of benzene rings is 1. The smallest absolute Gasteiger partial charge is 0.287 e. The number of fused-ring (bicyclic) bond motifs is 1. The third-order valence-corrected chi connectivity index (χ3v) is 4.52. The van der Waals surface area contributed by atoms with E-state index in [1.807, 2.05) is 30.3 Å². The highest BCUT2D eigenvalue weighted by Gasteiger charge is 2.13. The topological polar surface area (TPSA) is 75.6 Å². The minimum atomic E-state index is -0.183. The highest BCUT2D eigenvalue weighted by Crippen LogP contribution is 2.29. The van der Waals surface area contributed by atoms with Gasteiger partial charge < -0.3 is 14.9 Å². The van der Waals surface area contributed by atoms with Gasteiger partial charge in [0.25, 0.3) is 5.91 Å². The summed E-state index contributed by atoms with van der Waals surface area (Å²) in [5.41, 5.74) is 5.19. The zero-order valence-electron chi connectivity index (χ0n) is 14.7. The van der Waals surface area contributed by atoms with Crippen LogP contribution in [0.25, 0.3) is 22.3 Å². The standard InChI is InChI=1S/C20H19N5O/c1-13-15-11-14(12-23-20(26)19-22-9-10-25(19)2)6-7-16(15)24-18(13)17-5-3-4-8-21-17/h3-11,24H,12H2,1-2H3,(H,23,26). The lowest BCUT2D eigenvalue weighted by atomic mass is 10.1. The molecular formula is C20H19N5O. The molecule has 3 heterocycles. The van der Waals surface area contributed by atoms with Crippen LogP contribution in [0.15, 0.2) is 55.0 Å². The van der Waals surface area contributed by atoms with E-state index in [1.165, 1.54) is 0 Å². The van der Waals surface area contributed by atoms with Crippen LogP contribution in [-0.4, -0.2) is 25.4 Å². The van der Waals surface area contributed by atoms with Gasteiger partial charge in [0.15, 0.2) is 5.82 Å². The van der Waals surface area contributed by atoms with E-state index in [2.05, 4.69) is 33.3 Å². The monoisotopic (exact) mass is 345 g/mol. The number of hydrogen-bond donors (Lipinski definition) is 2. The number of carbonyl (C=O) groups excluding carboxylic acids is 1. The van der Waals surface area contributed by atoms with Crippen LogP contribution in [0.4, 0.5) is 0 Å². The summed E-state index contributed by atoms with van der Waals surface area (Å²) in [4.78, 5) is 24.1. The number of rotatable bonds is 4. The number of aryl methyl sites for hydroxylation is 2. The molecule has 0 aliphatic heterocycles. The number of aromatic nitrogens is 4. The van der Waals surface area contributed by atoms with Crippen molar-refractivity contribution in [1.29, 1.82) is 0 Å². The first-order chi connectivity index (χ1) is 12.6. The summed E-state index contributed by atoms with van der Waals surface area (Å²) in [7, 11) is 1.80. The number of aromatic amines is 1. The first-order valence-corrected chi connectivity index (χ1v) is 8.41. The van der Waals surface area contributed by atoms with Gasteiger partial charge in [-0.25, -0.2) is 4.98 Å². The summed E-state index contributed by atoms with van der Waals surface area (Å²) in [6, 6.07) is 12.0. The largest absolute Gasteiger partial charge is 0.353 e. The lowest BCUT2D eigenvalue weighted by molar-refractivity contribution is 0.0937. The van der Waals surface area contributed by atoms with Gasteiger partial charge in [-0.3, -0.25) is 9.78 Å². The molecule has 0 radical (unpaired) electrons. The first kappa shape index (κ1) is 16.1. The molecule has 0 aliphatic rings. The van der Waals surface area contributed by atoms with E-state index in [4.69, 9.17) is 0 Å². The van der Waals surface area contributed by atoms with Gasteiger partial charge in [-0.15, -0.1) is 0 Å². The Morgan fingerprint density at radius 3 is 2.81 bits per heavy atom. The Morgan fingerprint density at radius 2 is 2.08 bits per heavy atom. The summed E-state index contributed by atoms with van der Waals surface area (Å²) in [5, 5.41) is 4.05. The summed E-state index contributed by atoms with van der Waals surface area (Å²) >= 11 is 0. The Bertz CT molecular complexity index is 1080. The zero-order chi connectivity index (χ0) is 18.1. The second-order valence-corrected chi connectivity index (χ2v) is 6.26. The molecule has 1 amide bonds. The van der Waals surface area contributed by atoms with Crippen molar-refractivity contribution in [3.05, 3.63) is 71.9 Å². The van der Waals surface area contributed by atoms with E-state index in [0.29, 0.717) is 12.4 Å². The molecule has 0 atom stereocenters. The van der Waals surface area contributed by atoms with Crippen LogP contribution < -0.4 is 5.32 Å². The fourth-order valence-electron chi connectivity index (χ4n) is 3.10. The maximum Gasteiger partial charge on any atom is 0.287 e. The van der Waals surface area contributed by atoms with Crippen molar-refractivity contribution < 1.29 is 4.79 Å². The average Bonchev–Trinajstić information content (AvgIpc) is 3.24. The van der Waals surface area contributed by atoms with Crippen molar-refractivity contribution >= 4 is 16.8 Å². The van der Waals surface area contributed by atoms with Gasteiger partial charge >= 0.3 is 0 Å². The molecule has 1 aromatic carbocycles. The molecule has 26 heavy (non-hydrogen) atoms. The molecule has 4 aromatic rings. The van der Waals surface area contributed by atoms with Crippen LogP contribution in [0.2, 0.25) is 0 Å². The molecule has 0 aliphatic carbocycles. The van der Waals surface area contributed by atoms with Crippen LogP contribution in [0.3, 0.4) is 0 Å². The maximum atomic E-state index is 12.2. The van der Waals surface area contributed by atoms with Crippen molar-refractivity contribution in [2.45, 2.75) is 13.5 Å². The number of nitrogens with one attached hydrogen (secondary N) is 2. The number of hydrogen-bond acceptors (Lipinski definition) is 3. The van der Waals surface area contributed by atoms with Gasteiger partial charge in [0.1, 0.15) is 0 Å². The number of carbonyl (C=O) groups is 1. The fourth-order valence-corrected chi connectivity index (χ4v) is 3.10. The fraction of sp³-hybridized carbons (Fsp3) is 0.150. The molecular weight excluding hydrogens is 326 g/mol. The lowest BCUT2D eigenvalue weighted by Gasteiger charge is -2.06. The molecule has 4 rings (SSSR count). The third kappa shape index (κ3) is 2.86. The molecule has 130 valence electrons. The predicted octanol–water partition coefficient (Wildman–Crippen LogP) is 3.20. The molecule has 6 heteroatoms. The lowest BCUT2D eigenvalue weighted by Crippen LogP contribution is -2.25. The van der Waals surface area contributed by atoms with E-state index in [-0.39, 0.29) is 5.91 Å². The molecule has 3 aromatic heterocycles. The van der Waals surface area contributed by atoms with Crippen LogP contribution in [0.1, 0.15) is 21.7 Å². The van der Waals surface area contributed by atoms with E-state index < -0.39 is 0 Å². The Kier molecular flexibility index (Phi) is 4.01. The van der Waals surface area contributed by atoms with E-state index in [1.54, 1.807) is 30.2 Å². The summed E-state index contributed by atoms with van der Waals surface area (Å²) < 4.78 is 1.70. The molecule has 0 saturated heterocycles. The Morgan fingerprint density at radius 1 is 1.19 bits per heavy atom. The number of H-pyrrole nitrogens is 1. The van der Waals surface area contributed by atoms with Crippen LogP contribution >= 0.6 is 0 Å². The summed E-state index contributed by atoms with van der Waals surface area (Å²) in [6.07, 6.45) is 5.16. The minimum Gasteiger partial charge on any atom is -0.353 e. The summed E-state index contributed by atoms with van der Waals surface area (Å²) in [5.74, 6) is 0.221. The van der Waals surface area contributed by atoms with E-state index >= 15 is 0 Å². The average molecular weight is 345 g/mol. The highest BCUT2D eigenvalue weighted by molar-refractivity contribution is 5.92. The quantitative estimate of drug-likeness (QED) is 0.596.